The monoisotopic (exact) mass is 297 g/mol. The average molecular weight is 297 g/mol. The summed E-state index contributed by atoms with van der Waals surface area (Å²) in [6.07, 6.45) is 3.04. The second kappa shape index (κ2) is 5.83. The number of fused-ring (bicyclic) bond motifs is 1. The van der Waals surface area contributed by atoms with Crippen molar-refractivity contribution in [3.05, 3.63) is 53.3 Å². The van der Waals surface area contributed by atoms with Gasteiger partial charge in [-0.1, -0.05) is 30.3 Å². The van der Waals surface area contributed by atoms with E-state index >= 15 is 0 Å². The highest BCUT2D eigenvalue weighted by Crippen LogP contribution is 2.26. The minimum absolute atomic E-state index is 0.263. The summed E-state index contributed by atoms with van der Waals surface area (Å²) >= 11 is 0. The van der Waals surface area contributed by atoms with Crippen LogP contribution >= 0.6 is 0 Å². The Balaban J connectivity index is 1.42. The van der Waals surface area contributed by atoms with E-state index in [-0.39, 0.29) is 6.04 Å². The van der Waals surface area contributed by atoms with E-state index in [9.17, 15) is 0 Å². The summed E-state index contributed by atoms with van der Waals surface area (Å²) in [5.41, 5.74) is 10.3. The molecular formula is C17H23N5. The molecule has 0 bridgehead atoms. The maximum atomic E-state index is 6.33. The van der Waals surface area contributed by atoms with Gasteiger partial charge < -0.3 is 5.73 Å². The van der Waals surface area contributed by atoms with Gasteiger partial charge >= 0.3 is 0 Å². The molecule has 116 valence electrons. The highest BCUT2D eigenvalue weighted by molar-refractivity contribution is 5.21. The summed E-state index contributed by atoms with van der Waals surface area (Å²) in [4.78, 5) is 5.04. The number of hydrogen-bond acceptors (Lipinski definition) is 4. The summed E-state index contributed by atoms with van der Waals surface area (Å²) in [5.74, 6) is 0. The standard InChI is InChI=1S/C17H23N5/c18-15-6-16(22-9-14-7-19-20-17(14)12-22)11-21(10-15)8-13-4-2-1-3-5-13/h1-5,7,15-16H,6,8-12,18H2,(H,19,20)/t15-,16+/m0/s1. The Hall–Kier alpha value is -1.69. The first-order chi connectivity index (χ1) is 10.8. The zero-order valence-electron chi connectivity index (χ0n) is 12.8. The Labute approximate surface area is 131 Å². The van der Waals surface area contributed by atoms with Crippen LogP contribution in [-0.2, 0) is 19.6 Å². The molecule has 3 N–H and O–H groups in total. The molecule has 0 unspecified atom stereocenters. The zero-order valence-corrected chi connectivity index (χ0v) is 12.8. The number of likely N-dealkylation sites (tertiary alicyclic amines) is 1. The van der Waals surface area contributed by atoms with E-state index in [1.54, 1.807) is 0 Å². The predicted octanol–water partition coefficient (Wildman–Crippen LogP) is 1.33. The third-order valence-electron chi connectivity index (χ3n) is 4.84. The minimum Gasteiger partial charge on any atom is -0.326 e. The van der Waals surface area contributed by atoms with Crippen LogP contribution in [0.1, 0.15) is 23.2 Å². The summed E-state index contributed by atoms with van der Waals surface area (Å²) in [5, 5.41) is 7.23. The summed E-state index contributed by atoms with van der Waals surface area (Å²) in [6, 6.07) is 11.5. The van der Waals surface area contributed by atoms with E-state index in [0.29, 0.717) is 6.04 Å². The van der Waals surface area contributed by atoms with Crippen LogP contribution in [0.3, 0.4) is 0 Å². The minimum atomic E-state index is 0.263. The number of nitrogens with two attached hydrogens (primary N) is 1. The van der Waals surface area contributed by atoms with Gasteiger partial charge in [0.2, 0.25) is 0 Å². The molecule has 0 amide bonds. The third-order valence-corrected chi connectivity index (χ3v) is 4.84. The highest BCUT2D eigenvalue weighted by atomic mass is 15.3. The molecule has 2 atom stereocenters. The largest absolute Gasteiger partial charge is 0.326 e. The van der Waals surface area contributed by atoms with Gasteiger partial charge in [-0.3, -0.25) is 14.9 Å². The van der Waals surface area contributed by atoms with E-state index in [2.05, 4.69) is 50.3 Å². The number of nitrogens with zero attached hydrogens (tertiary/aromatic N) is 3. The lowest BCUT2D eigenvalue weighted by molar-refractivity contribution is 0.0800. The van der Waals surface area contributed by atoms with Crippen LogP contribution in [0.5, 0.6) is 0 Å². The summed E-state index contributed by atoms with van der Waals surface area (Å²) in [7, 11) is 0. The molecule has 2 aliphatic heterocycles. The molecule has 1 saturated heterocycles. The zero-order chi connectivity index (χ0) is 14.9. The molecular weight excluding hydrogens is 274 g/mol. The Bertz CT molecular complexity index is 602. The van der Waals surface area contributed by atoms with Gasteiger partial charge in [-0.15, -0.1) is 0 Å². The molecule has 0 spiro atoms. The van der Waals surface area contributed by atoms with Crippen molar-refractivity contribution >= 4 is 0 Å². The lowest BCUT2D eigenvalue weighted by Crippen LogP contribution is -2.53. The second-order valence-electron chi connectivity index (χ2n) is 6.61. The molecule has 5 nitrogen and oxygen atoms in total. The van der Waals surface area contributed by atoms with Crippen LogP contribution in [0.2, 0.25) is 0 Å². The van der Waals surface area contributed by atoms with Crippen molar-refractivity contribution in [1.82, 2.24) is 20.0 Å². The van der Waals surface area contributed by atoms with E-state index in [0.717, 1.165) is 39.1 Å². The fourth-order valence-corrected chi connectivity index (χ4v) is 3.79. The first-order valence-corrected chi connectivity index (χ1v) is 8.05. The topological polar surface area (TPSA) is 61.2 Å². The summed E-state index contributed by atoms with van der Waals surface area (Å²) < 4.78 is 0. The van der Waals surface area contributed by atoms with Gasteiger partial charge in [0.05, 0.1) is 11.9 Å². The van der Waals surface area contributed by atoms with Crippen molar-refractivity contribution < 1.29 is 0 Å². The van der Waals surface area contributed by atoms with Crippen LogP contribution in [0, 0.1) is 0 Å². The Morgan fingerprint density at radius 2 is 2.05 bits per heavy atom. The molecule has 1 fully saturated rings. The molecule has 5 heteroatoms. The van der Waals surface area contributed by atoms with Gasteiger partial charge in [0.1, 0.15) is 0 Å². The Kier molecular flexibility index (Phi) is 3.70. The lowest BCUT2D eigenvalue weighted by Gasteiger charge is -2.40. The Morgan fingerprint density at radius 1 is 1.18 bits per heavy atom. The van der Waals surface area contributed by atoms with E-state index < -0.39 is 0 Å². The number of rotatable bonds is 3. The van der Waals surface area contributed by atoms with Gasteiger partial charge in [0, 0.05) is 50.4 Å². The van der Waals surface area contributed by atoms with E-state index in [4.69, 9.17) is 5.73 Å². The molecule has 22 heavy (non-hydrogen) atoms. The van der Waals surface area contributed by atoms with Crippen LogP contribution in [0.25, 0.3) is 0 Å². The van der Waals surface area contributed by atoms with Crippen LogP contribution in [0.4, 0.5) is 0 Å². The number of nitrogens with one attached hydrogen (secondary N) is 1. The molecule has 2 aliphatic rings. The molecule has 0 saturated carbocycles. The fraction of sp³-hybridized carbons (Fsp3) is 0.471. The first-order valence-electron chi connectivity index (χ1n) is 8.05. The SMILES string of the molecule is N[C@H]1C[C@@H](N2Cc3cn[nH]c3C2)CN(Cc2ccccc2)C1. The van der Waals surface area contributed by atoms with Crippen molar-refractivity contribution in [1.29, 1.82) is 0 Å². The van der Waals surface area contributed by atoms with E-state index in [1.165, 1.54) is 16.8 Å². The van der Waals surface area contributed by atoms with Crippen LogP contribution < -0.4 is 5.73 Å². The van der Waals surface area contributed by atoms with Crippen molar-refractivity contribution in [3.8, 4) is 0 Å². The van der Waals surface area contributed by atoms with Crippen LogP contribution in [0.15, 0.2) is 36.5 Å². The highest BCUT2D eigenvalue weighted by Gasteiger charge is 2.33. The smallest absolute Gasteiger partial charge is 0.0537 e. The predicted molar refractivity (Wildman–Crippen MR) is 85.9 cm³/mol. The number of H-pyrrole nitrogens is 1. The fourth-order valence-electron chi connectivity index (χ4n) is 3.79. The molecule has 4 rings (SSSR count). The van der Waals surface area contributed by atoms with Crippen molar-refractivity contribution in [2.24, 2.45) is 5.73 Å². The average Bonchev–Trinajstić information content (AvgIpc) is 3.09. The normalized spacial score (nSPS) is 26.2. The van der Waals surface area contributed by atoms with Gasteiger partial charge in [0.15, 0.2) is 0 Å². The third kappa shape index (κ3) is 2.79. The quantitative estimate of drug-likeness (QED) is 0.897. The second-order valence-corrected chi connectivity index (χ2v) is 6.61. The van der Waals surface area contributed by atoms with Crippen molar-refractivity contribution in [3.63, 3.8) is 0 Å². The molecule has 2 aromatic rings. The lowest BCUT2D eigenvalue weighted by atomic mass is 9.99. The van der Waals surface area contributed by atoms with E-state index in [1.807, 2.05) is 6.20 Å². The molecule has 1 aromatic heterocycles. The van der Waals surface area contributed by atoms with Crippen LogP contribution in [-0.4, -0.2) is 45.2 Å². The maximum absolute atomic E-state index is 6.33. The number of benzene rings is 1. The Morgan fingerprint density at radius 3 is 2.86 bits per heavy atom. The number of aromatic amines is 1. The van der Waals surface area contributed by atoms with Crippen molar-refractivity contribution in [2.75, 3.05) is 13.1 Å². The van der Waals surface area contributed by atoms with Gasteiger partial charge in [-0.05, 0) is 12.0 Å². The molecule has 0 aliphatic carbocycles. The molecule has 3 heterocycles. The number of aromatic nitrogens is 2. The number of hydrogen-bond donors (Lipinski definition) is 2. The summed E-state index contributed by atoms with van der Waals surface area (Å²) in [6.45, 7) is 5.06. The number of piperidine rings is 1. The van der Waals surface area contributed by atoms with Gasteiger partial charge in [0.25, 0.3) is 0 Å². The first kappa shape index (κ1) is 13.9. The molecule has 0 radical (unpaired) electrons. The molecule has 1 aromatic carbocycles. The van der Waals surface area contributed by atoms with Crippen molar-refractivity contribution in [2.45, 2.75) is 38.1 Å². The maximum Gasteiger partial charge on any atom is 0.0537 e. The van der Waals surface area contributed by atoms with Gasteiger partial charge in [-0.2, -0.15) is 5.10 Å². The van der Waals surface area contributed by atoms with Gasteiger partial charge in [-0.25, -0.2) is 0 Å².